The molecule has 1 atom stereocenters. The summed E-state index contributed by atoms with van der Waals surface area (Å²) >= 11 is 3.46. The molecule has 120 valence electrons. The summed E-state index contributed by atoms with van der Waals surface area (Å²) in [6.07, 6.45) is 2.03. The van der Waals surface area contributed by atoms with Crippen LogP contribution in [0.4, 0.5) is 5.82 Å². The summed E-state index contributed by atoms with van der Waals surface area (Å²) in [6, 6.07) is 14.8. The van der Waals surface area contributed by atoms with E-state index in [2.05, 4.69) is 26.2 Å². The summed E-state index contributed by atoms with van der Waals surface area (Å²) in [5, 5.41) is 12.7. The second kappa shape index (κ2) is 5.79. The summed E-state index contributed by atoms with van der Waals surface area (Å²) in [7, 11) is 0. The number of rotatable bonds is 2. The highest BCUT2D eigenvalue weighted by atomic mass is 79.9. The monoisotopic (exact) mass is 383 g/mol. The summed E-state index contributed by atoms with van der Waals surface area (Å²) in [6.45, 7) is 0. The van der Waals surface area contributed by atoms with Gasteiger partial charge in [-0.25, -0.2) is 4.98 Å². The van der Waals surface area contributed by atoms with Gasteiger partial charge in [0.1, 0.15) is 17.9 Å². The predicted molar refractivity (Wildman–Crippen MR) is 94.5 cm³/mol. The van der Waals surface area contributed by atoms with Gasteiger partial charge in [-0.15, -0.1) is 0 Å². The van der Waals surface area contributed by atoms with E-state index in [4.69, 9.17) is 0 Å². The molecule has 2 heterocycles. The number of aromatic hydroxyl groups is 1. The molecular formula is C18H14BrN3O2. The van der Waals surface area contributed by atoms with Crippen LogP contribution in [0, 0.1) is 0 Å². The fourth-order valence-corrected chi connectivity index (χ4v) is 3.43. The highest BCUT2D eigenvalue weighted by Crippen LogP contribution is 2.38. The van der Waals surface area contributed by atoms with Gasteiger partial charge >= 0.3 is 0 Å². The number of amides is 1. The van der Waals surface area contributed by atoms with E-state index in [0.29, 0.717) is 12.2 Å². The number of nitrogens with zero attached hydrogens (tertiary/aromatic N) is 2. The van der Waals surface area contributed by atoms with E-state index >= 15 is 0 Å². The van der Waals surface area contributed by atoms with Crippen LogP contribution in [0.1, 0.15) is 23.6 Å². The lowest BCUT2D eigenvalue weighted by Gasteiger charge is -2.23. The number of imidazole rings is 1. The molecule has 3 aromatic rings. The average molecular weight is 384 g/mol. The summed E-state index contributed by atoms with van der Waals surface area (Å²) in [4.78, 5) is 16.8. The number of anilines is 1. The maximum Gasteiger partial charge on any atom is 0.226 e. The highest BCUT2D eigenvalue weighted by molar-refractivity contribution is 9.10. The van der Waals surface area contributed by atoms with E-state index in [9.17, 15) is 9.90 Å². The van der Waals surface area contributed by atoms with E-state index in [1.807, 2.05) is 34.9 Å². The smallest absolute Gasteiger partial charge is 0.226 e. The van der Waals surface area contributed by atoms with Crippen molar-refractivity contribution in [3.8, 4) is 11.4 Å². The van der Waals surface area contributed by atoms with Gasteiger partial charge in [-0.1, -0.05) is 34.1 Å². The molecule has 1 aliphatic heterocycles. The molecule has 6 heteroatoms. The molecular weight excluding hydrogens is 370 g/mol. The minimum Gasteiger partial charge on any atom is -0.508 e. The molecule has 5 nitrogen and oxygen atoms in total. The molecule has 0 spiro atoms. The number of hydrogen-bond acceptors (Lipinski definition) is 3. The van der Waals surface area contributed by atoms with Crippen molar-refractivity contribution < 1.29 is 9.90 Å². The van der Waals surface area contributed by atoms with Gasteiger partial charge in [0.2, 0.25) is 5.91 Å². The molecule has 1 amide bonds. The number of hydrogen-bond donors (Lipinski definition) is 2. The number of phenolic OH excluding ortho intramolecular Hbond substituents is 1. The fraction of sp³-hybridized carbons (Fsp3) is 0.111. The number of nitrogens with one attached hydrogen (secondary N) is 1. The van der Waals surface area contributed by atoms with E-state index in [-0.39, 0.29) is 17.6 Å². The molecule has 0 bridgehead atoms. The predicted octanol–water partition coefficient (Wildman–Crippen LogP) is 3.81. The Balaban J connectivity index is 1.83. The molecule has 2 N–H and O–H groups in total. The first-order valence-electron chi connectivity index (χ1n) is 7.54. The lowest BCUT2D eigenvalue weighted by Crippen LogP contribution is -2.24. The van der Waals surface area contributed by atoms with Crippen LogP contribution in [0.15, 0.2) is 59.3 Å². The first kappa shape index (κ1) is 15.0. The lowest BCUT2D eigenvalue weighted by atomic mass is 9.90. The van der Waals surface area contributed by atoms with Crippen LogP contribution in [0.3, 0.4) is 0 Å². The minimum atomic E-state index is -0.172. The largest absolute Gasteiger partial charge is 0.508 e. The summed E-state index contributed by atoms with van der Waals surface area (Å²) < 4.78 is 2.82. The molecule has 1 aromatic heterocycles. The van der Waals surface area contributed by atoms with Crippen LogP contribution < -0.4 is 5.32 Å². The third kappa shape index (κ3) is 2.59. The van der Waals surface area contributed by atoms with Crippen molar-refractivity contribution in [3.05, 3.63) is 70.6 Å². The molecule has 1 aliphatic rings. The third-order valence-corrected chi connectivity index (χ3v) is 4.63. The van der Waals surface area contributed by atoms with Crippen LogP contribution in [-0.2, 0) is 4.79 Å². The standard InChI is InChI=1S/C18H14BrN3O2/c19-12-4-2-5-13(8-12)22-10-20-17-15(9-16(24)21-18(17)22)11-3-1-6-14(23)7-11/h1-8,10,15,23H,9H2,(H,21,24). The normalized spacial score (nSPS) is 16.5. The van der Waals surface area contributed by atoms with Gasteiger partial charge in [0.15, 0.2) is 0 Å². The Morgan fingerprint density at radius 3 is 2.83 bits per heavy atom. The molecule has 0 saturated carbocycles. The van der Waals surface area contributed by atoms with Gasteiger partial charge in [0.05, 0.1) is 5.69 Å². The SMILES string of the molecule is O=C1CC(c2cccc(O)c2)c2ncn(-c3cccc(Br)c3)c2N1. The second-order valence-corrected chi connectivity index (χ2v) is 6.64. The van der Waals surface area contributed by atoms with Crippen LogP contribution in [0.5, 0.6) is 5.75 Å². The maximum atomic E-state index is 12.2. The Morgan fingerprint density at radius 1 is 1.21 bits per heavy atom. The number of carbonyl (C=O) groups is 1. The Bertz CT molecular complexity index is 936. The molecule has 24 heavy (non-hydrogen) atoms. The summed E-state index contributed by atoms with van der Waals surface area (Å²) in [5.74, 6) is 0.631. The highest BCUT2D eigenvalue weighted by Gasteiger charge is 2.31. The molecule has 1 unspecified atom stereocenters. The Morgan fingerprint density at radius 2 is 2.04 bits per heavy atom. The quantitative estimate of drug-likeness (QED) is 0.706. The first-order chi connectivity index (χ1) is 11.6. The Kier molecular flexibility index (Phi) is 3.61. The number of benzene rings is 2. The number of carbonyl (C=O) groups excluding carboxylic acids is 1. The fourth-order valence-electron chi connectivity index (χ4n) is 3.05. The topological polar surface area (TPSA) is 67.1 Å². The molecule has 0 fully saturated rings. The molecule has 0 aliphatic carbocycles. The Hall–Kier alpha value is -2.60. The first-order valence-corrected chi connectivity index (χ1v) is 8.33. The zero-order chi connectivity index (χ0) is 16.7. The van der Waals surface area contributed by atoms with Gasteiger partial charge in [0, 0.05) is 22.5 Å². The maximum absolute atomic E-state index is 12.2. The number of phenols is 1. The number of fused-ring (bicyclic) bond motifs is 1. The van der Waals surface area contributed by atoms with E-state index in [0.717, 1.165) is 21.4 Å². The second-order valence-electron chi connectivity index (χ2n) is 5.73. The van der Waals surface area contributed by atoms with Gasteiger partial charge in [-0.2, -0.15) is 0 Å². The van der Waals surface area contributed by atoms with E-state index < -0.39 is 0 Å². The van der Waals surface area contributed by atoms with Gasteiger partial charge in [-0.3, -0.25) is 9.36 Å². The van der Waals surface area contributed by atoms with Crippen molar-refractivity contribution in [1.82, 2.24) is 9.55 Å². The van der Waals surface area contributed by atoms with Crippen molar-refractivity contribution in [2.24, 2.45) is 0 Å². The van der Waals surface area contributed by atoms with Crippen LogP contribution in [0.2, 0.25) is 0 Å². The van der Waals surface area contributed by atoms with Crippen molar-refractivity contribution in [3.63, 3.8) is 0 Å². The van der Waals surface area contributed by atoms with Crippen molar-refractivity contribution in [2.75, 3.05) is 5.32 Å². The lowest BCUT2D eigenvalue weighted by molar-refractivity contribution is -0.116. The Labute approximate surface area is 147 Å². The number of aromatic nitrogens is 2. The molecule has 0 saturated heterocycles. The van der Waals surface area contributed by atoms with Crippen molar-refractivity contribution >= 4 is 27.7 Å². The van der Waals surface area contributed by atoms with Gasteiger partial charge in [-0.05, 0) is 35.9 Å². The molecule has 0 radical (unpaired) electrons. The van der Waals surface area contributed by atoms with Crippen LogP contribution in [-0.4, -0.2) is 20.6 Å². The molecule has 2 aromatic carbocycles. The van der Waals surface area contributed by atoms with E-state index in [1.54, 1.807) is 24.5 Å². The zero-order valence-electron chi connectivity index (χ0n) is 12.6. The van der Waals surface area contributed by atoms with Crippen LogP contribution in [0.25, 0.3) is 5.69 Å². The minimum absolute atomic E-state index is 0.0624. The average Bonchev–Trinajstić information content (AvgIpc) is 2.97. The third-order valence-electron chi connectivity index (χ3n) is 4.13. The summed E-state index contributed by atoms with van der Waals surface area (Å²) in [5.41, 5.74) is 2.60. The van der Waals surface area contributed by atoms with Crippen molar-refractivity contribution in [2.45, 2.75) is 12.3 Å². The van der Waals surface area contributed by atoms with Crippen LogP contribution >= 0.6 is 15.9 Å². The zero-order valence-corrected chi connectivity index (χ0v) is 14.2. The van der Waals surface area contributed by atoms with Crippen molar-refractivity contribution in [1.29, 1.82) is 0 Å². The van der Waals surface area contributed by atoms with Gasteiger partial charge < -0.3 is 10.4 Å². The molecule has 4 rings (SSSR count). The van der Waals surface area contributed by atoms with E-state index in [1.165, 1.54) is 0 Å². The van der Waals surface area contributed by atoms with Gasteiger partial charge in [0.25, 0.3) is 0 Å². The number of halogens is 1.